The van der Waals surface area contributed by atoms with Crippen molar-refractivity contribution in [2.45, 2.75) is 10.6 Å². The number of anilines is 3. The molecule has 160 valence electrons. The molecule has 8 nitrogen and oxygen atoms in total. The zero-order chi connectivity index (χ0) is 21.8. The highest BCUT2D eigenvalue weighted by atomic mass is 32.2. The molecular formula is C21H19N3O5S2. The van der Waals surface area contributed by atoms with Crippen LogP contribution in [0, 0.1) is 0 Å². The van der Waals surface area contributed by atoms with Crippen LogP contribution < -0.4 is 14.9 Å². The molecule has 2 N–H and O–H groups in total. The van der Waals surface area contributed by atoms with E-state index < -0.39 is 16.1 Å². The Hall–Kier alpha value is -3.37. The third-order valence-corrected chi connectivity index (χ3v) is 7.34. The number of carbonyl (C=O) groups excluding carboxylic acids is 2. The maximum Gasteiger partial charge on any atom is 0.414 e. The van der Waals surface area contributed by atoms with Crippen LogP contribution in [0.3, 0.4) is 0 Å². The van der Waals surface area contributed by atoms with Gasteiger partial charge in [0.25, 0.3) is 10.0 Å². The third-order valence-electron chi connectivity index (χ3n) is 4.56. The van der Waals surface area contributed by atoms with Crippen molar-refractivity contribution in [3.8, 4) is 0 Å². The molecule has 0 unspecified atom stereocenters. The Morgan fingerprint density at radius 1 is 1.06 bits per heavy atom. The summed E-state index contributed by atoms with van der Waals surface area (Å²) < 4.78 is 32.3. The normalized spacial score (nSPS) is 13.7. The van der Waals surface area contributed by atoms with Crippen LogP contribution >= 0.6 is 11.3 Å². The lowest BCUT2D eigenvalue weighted by Crippen LogP contribution is -2.25. The Morgan fingerprint density at radius 3 is 2.52 bits per heavy atom. The average molecular weight is 458 g/mol. The molecule has 1 aromatic heterocycles. The smallest absolute Gasteiger partial charge is 0.414 e. The molecular weight excluding hydrogens is 438 g/mol. The largest absolute Gasteiger partial charge is 0.447 e. The fraction of sp³-hybridized carbons (Fsp3) is 0.143. The first-order chi connectivity index (χ1) is 14.9. The lowest BCUT2D eigenvalue weighted by molar-refractivity contribution is -0.115. The van der Waals surface area contributed by atoms with Gasteiger partial charge in [-0.2, -0.15) is 0 Å². The molecule has 3 aromatic rings. The van der Waals surface area contributed by atoms with Gasteiger partial charge >= 0.3 is 6.09 Å². The number of hydrogen-bond donors (Lipinski definition) is 2. The van der Waals surface area contributed by atoms with E-state index in [0.29, 0.717) is 30.2 Å². The fourth-order valence-corrected chi connectivity index (χ4v) is 5.17. The standard InChI is InChI=1S/C21H19N3O5S2/c25-19(22-17-4-1-2-5-18(17)24-11-12-29-21(24)26)14-15-7-9-16(10-8-15)23-31(27,28)20-6-3-13-30-20/h1-10,13,23H,11-12,14H2,(H,22,25). The Balaban J connectivity index is 1.40. The van der Waals surface area contributed by atoms with Gasteiger partial charge in [0.05, 0.1) is 24.3 Å². The van der Waals surface area contributed by atoms with E-state index in [4.69, 9.17) is 4.74 Å². The fourth-order valence-electron chi connectivity index (χ4n) is 3.12. The van der Waals surface area contributed by atoms with Crippen LogP contribution in [0.2, 0.25) is 0 Å². The van der Waals surface area contributed by atoms with Gasteiger partial charge in [-0.05, 0) is 41.3 Å². The summed E-state index contributed by atoms with van der Waals surface area (Å²) in [5.74, 6) is -0.257. The van der Waals surface area contributed by atoms with Crippen LogP contribution in [-0.2, 0) is 26.0 Å². The second-order valence-electron chi connectivity index (χ2n) is 6.74. The van der Waals surface area contributed by atoms with Crippen molar-refractivity contribution in [2.24, 2.45) is 0 Å². The number of amides is 2. The van der Waals surface area contributed by atoms with Gasteiger partial charge in [-0.15, -0.1) is 11.3 Å². The molecule has 0 bridgehead atoms. The first-order valence-electron chi connectivity index (χ1n) is 9.41. The summed E-state index contributed by atoms with van der Waals surface area (Å²) in [6, 6.07) is 16.8. The molecule has 0 spiro atoms. The Morgan fingerprint density at radius 2 is 1.84 bits per heavy atom. The first kappa shape index (κ1) is 20.9. The maximum atomic E-state index is 12.5. The number of hydrogen-bond acceptors (Lipinski definition) is 6. The number of sulfonamides is 1. The van der Waals surface area contributed by atoms with E-state index in [2.05, 4.69) is 10.0 Å². The lowest BCUT2D eigenvalue weighted by atomic mass is 10.1. The van der Waals surface area contributed by atoms with Crippen LogP contribution in [-0.4, -0.2) is 33.6 Å². The Bertz CT molecular complexity index is 1190. The van der Waals surface area contributed by atoms with Gasteiger partial charge in [0.2, 0.25) is 5.91 Å². The number of cyclic esters (lactones) is 1. The molecule has 1 saturated heterocycles. The number of thiophene rings is 1. The molecule has 2 amide bonds. The number of rotatable bonds is 7. The number of ether oxygens (including phenoxy) is 1. The predicted molar refractivity (Wildman–Crippen MR) is 119 cm³/mol. The first-order valence-corrected chi connectivity index (χ1v) is 11.8. The SMILES string of the molecule is O=C(Cc1ccc(NS(=O)(=O)c2cccs2)cc1)Nc1ccccc1N1CCOC1=O. The highest BCUT2D eigenvalue weighted by molar-refractivity contribution is 7.94. The molecule has 10 heteroatoms. The van der Waals surface area contributed by atoms with Gasteiger partial charge in [-0.25, -0.2) is 13.2 Å². The van der Waals surface area contributed by atoms with E-state index in [-0.39, 0.29) is 16.5 Å². The van der Waals surface area contributed by atoms with Gasteiger partial charge in [0.1, 0.15) is 10.8 Å². The summed E-state index contributed by atoms with van der Waals surface area (Å²) in [6.07, 6.45) is -0.348. The molecule has 0 atom stereocenters. The van der Waals surface area contributed by atoms with Crippen LogP contribution in [0.15, 0.2) is 70.3 Å². The van der Waals surface area contributed by atoms with Crippen molar-refractivity contribution in [2.75, 3.05) is 28.1 Å². The van der Waals surface area contributed by atoms with Crippen LogP contribution in [0.25, 0.3) is 0 Å². The molecule has 0 saturated carbocycles. The van der Waals surface area contributed by atoms with Crippen molar-refractivity contribution in [3.63, 3.8) is 0 Å². The van der Waals surface area contributed by atoms with E-state index >= 15 is 0 Å². The number of benzene rings is 2. The summed E-state index contributed by atoms with van der Waals surface area (Å²) >= 11 is 1.14. The van der Waals surface area contributed by atoms with E-state index in [1.54, 1.807) is 60.0 Å². The number of nitrogens with zero attached hydrogens (tertiary/aromatic N) is 1. The molecule has 2 heterocycles. The Kier molecular flexibility index (Phi) is 5.92. The predicted octanol–water partition coefficient (Wildman–Crippen LogP) is 3.69. The zero-order valence-electron chi connectivity index (χ0n) is 16.3. The Labute approximate surface area is 183 Å². The minimum atomic E-state index is -3.62. The molecule has 0 aliphatic carbocycles. The minimum absolute atomic E-state index is 0.0940. The molecule has 1 aliphatic rings. The number of para-hydroxylation sites is 2. The summed E-state index contributed by atoms with van der Waals surface area (Å²) in [7, 11) is -3.62. The quantitative estimate of drug-likeness (QED) is 0.563. The summed E-state index contributed by atoms with van der Waals surface area (Å²) in [5.41, 5.74) is 2.23. The molecule has 4 rings (SSSR count). The van der Waals surface area contributed by atoms with Crippen molar-refractivity contribution in [1.29, 1.82) is 0 Å². The van der Waals surface area contributed by atoms with Crippen molar-refractivity contribution in [1.82, 2.24) is 0 Å². The highest BCUT2D eigenvalue weighted by Crippen LogP contribution is 2.28. The van der Waals surface area contributed by atoms with Crippen molar-refractivity contribution < 1.29 is 22.7 Å². The molecule has 1 aliphatic heterocycles. The van der Waals surface area contributed by atoms with E-state index in [9.17, 15) is 18.0 Å². The summed E-state index contributed by atoms with van der Waals surface area (Å²) in [5, 5.41) is 4.52. The van der Waals surface area contributed by atoms with Gasteiger partial charge < -0.3 is 10.1 Å². The van der Waals surface area contributed by atoms with E-state index in [1.165, 1.54) is 11.0 Å². The maximum absolute atomic E-state index is 12.5. The van der Waals surface area contributed by atoms with Gasteiger partial charge in [0, 0.05) is 5.69 Å². The third kappa shape index (κ3) is 4.86. The van der Waals surface area contributed by atoms with Crippen molar-refractivity contribution >= 4 is 50.4 Å². The molecule has 1 fully saturated rings. The summed E-state index contributed by atoms with van der Waals surface area (Å²) in [6.45, 7) is 0.734. The monoisotopic (exact) mass is 457 g/mol. The summed E-state index contributed by atoms with van der Waals surface area (Å²) in [4.78, 5) is 25.9. The topological polar surface area (TPSA) is 105 Å². The average Bonchev–Trinajstić information content (AvgIpc) is 3.42. The molecule has 0 radical (unpaired) electrons. The lowest BCUT2D eigenvalue weighted by Gasteiger charge is -2.17. The van der Waals surface area contributed by atoms with Crippen LogP contribution in [0.1, 0.15) is 5.56 Å². The van der Waals surface area contributed by atoms with Gasteiger partial charge in [-0.3, -0.25) is 14.4 Å². The molecule has 2 aromatic carbocycles. The molecule has 31 heavy (non-hydrogen) atoms. The van der Waals surface area contributed by atoms with Crippen LogP contribution in [0.5, 0.6) is 0 Å². The van der Waals surface area contributed by atoms with Gasteiger partial charge in [-0.1, -0.05) is 30.3 Å². The van der Waals surface area contributed by atoms with Gasteiger partial charge in [0.15, 0.2) is 0 Å². The van der Waals surface area contributed by atoms with E-state index in [1.807, 2.05) is 0 Å². The zero-order valence-corrected chi connectivity index (χ0v) is 17.9. The minimum Gasteiger partial charge on any atom is -0.447 e. The second kappa shape index (κ2) is 8.78. The highest BCUT2D eigenvalue weighted by Gasteiger charge is 2.26. The van der Waals surface area contributed by atoms with Crippen LogP contribution in [0.4, 0.5) is 21.9 Å². The number of carbonyl (C=O) groups is 2. The van der Waals surface area contributed by atoms with E-state index in [0.717, 1.165) is 16.9 Å². The number of nitrogens with one attached hydrogen (secondary N) is 2. The van der Waals surface area contributed by atoms with Crippen molar-refractivity contribution in [3.05, 3.63) is 71.6 Å². The second-order valence-corrected chi connectivity index (χ2v) is 9.60.